The molecule has 0 bridgehead atoms. The number of nitrogens with one attached hydrogen (secondary N) is 2. The molecule has 3 atom stereocenters. The molecule has 1 fully saturated rings. The molecule has 3 unspecified atom stereocenters. The molecule has 0 spiro atoms. The second-order valence-electron chi connectivity index (χ2n) is 5.45. The normalized spacial score (nSPS) is 25.8. The van der Waals surface area contributed by atoms with Gasteiger partial charge in [-0.1, -0.05) is 18.2 Å². The largest absolute Gasteiger partial charge is 0.325 e. The van der Waals surface area contributed by atoms with E-state index in [4.69, 9.17) is 0 Å². The van der Waals surface area contributed by atoms with Gasteiger partial charge in [-0.25, -0.2) is 0 Å². The van der Waals surface area contributed by atoms with Crippen LogP contribution in [0.15, 0.2) is 30.3 Å². The van der Waals surface area contributed by atoms with Crippen LogP contribution in [-0.2, 0) is 4.79 Å². The van der Waals surface area contributed by atoms with E-state index in [-0.39, 0.29) is 11.9 Å². The van der Waals surface area contributed by atoms with Crippen molar-refractivity contribution in [2.75, 3.05) is 18.4 Å². The Balaban J connectivity index is 1.95. The number of hydrogen-bond acceptors (Lipinski definition) is 3. The molecule has 0 saturated carbocycles. The number of anilines is 1. The number of benzene rings is 1. The summed E-state index contributed by atoms with van der Waals surface area (Å²) in [7, 11) is 0. The highest BCUT2D eigenvalue weighted by atomic mass is 16.2. The third-order valence-electron chi connectivity index (χ3n) is 3.55. The third kappa shape index (κ3) is 3.78. The highest BCUT2D eigenvalue weighted by Crippen LogP contribution is 2.11. The lowest BCUT2D eigenvalue weighted by Crippen LogP contribution is -2.58. The van der Waals surface area contributed by atoms with Crippen molar-refractivity contribution >= 4 is 11.6 Å². The van der Waals surface area contributed by atoms with Crippen LogP contribution in [0, 0.1) is 0 Å². The van der Waals surface area contributed by atoms with Crippen molar-refractivity contribution in [3.8, 4) is 0 Å². The van der Waals surface area contributed by atoms with E-state index in [0.717, 1.165) is 18.8 Å². The molecule has 1 aliphatic rings. The van der Waals surface area contributed by atoms with Crippen molar-refractivity contribution in [1.29, 1.82) is 0 Å². The summed E-state index contributed by atoms with van der Waals surface area (Å²) < 4.78 is 0. The van der Waals surface area contributed by atoms with E-state index < -0.39 is 0 Å². The fraction of sp³-hybridized carbons (Fsp3) is 0.533. The van der Waals surface area contributed by atoms with Gasteiger partial charge >= 0.3 is 0 Å². The molecule has 104 valence electrons. The van der Waals surface area contributed by atoms with E-state index >= 15 is 0 Å². The van der Waals surface area contributed by atoms with Gasteiger partial charge in [0, 0.05) is 30.9 Å². The van der Waals surface area contributed by atoms with E-state index in [2.05, 4.69) is 29.4 Å². The summed E-state index contributed by atoms with van der Waals surface area (Å²) in [5.74, 6) is 0.0625. The summed E-state index contributed by atoms with van der Waals surface area (Å²) in [6.07, 6.45) is 0. The second kappa shape index (κ2) is 6.17. The molecular formula is C15H23N3O. The van der Waals surface area contributed by atoms with Gasteiger partial charge in [0.15, 0.2) is 0 Å². The lowest BCUT2D eigenvalue weighted by Gasteiger charge is -2.39. The summed E-state index contributed by atoms with van der Waals surface area (Å²) in [5, 5.41) is 6.45. The summed E-state index contributed by atoms with van der Waals surface area (Å²) in [6.45, 7) is 8.11. The van der Waals surface area contributed by atoms with Crippen molar-refractivity contribution in [3.63, 3.8) is 0 Å². The van der Waals surface area contributed by atoms with E-state index in [1.165, 1.54) is 0 Å². The summed E-state index contributed by atoms with van der Waals surface area (Å²) in [4.78, 5) is 14.5. The number of piperazine rings is 1. The molecule has 0 radical (unpaired) electrons. The highest BCUT2D eigenvalue weighted by molar-refractivity contribution is 5.94. The topological polar surface area (TPSA) is 44.4 Å². The molecular weight excluding hydrogens is 238 g/mol. The van der Waals surface area contributed by atoms with Gasteiger partial charge in [-0.2, -0.15) is 0 Å². The Hall–Kier alpha value is -1.39. The van der Waals surface area contributed by atoms with Crippen molar-refractivity contribution in [3.05, 3.63) is 30.3 Å². The van der Waals surface area contributed by atoms with Crippen molar-refractivity contribution in [2.24, 2.45) is 0 Å². The van der Waals surface area contributed by atoms with Gasteiger partial charge in [-0.05, 0) is 32.9 Å². The van der Waals surface area contributed by atoms with Crippen LogP contribution in [0.2, 0.25) is 0 Å². The predicted molar refractivity (Wildman–Crippen MR) is 78.2 cm³/mol. The van der Waals surface area contributed by atoms with E-state index in [1.807, 2.05) is 37.3 Å². The number of hydrogen-bond donors (Lipinski definition) is 2. The van der Waals surface area contributed by atoms with E-state index in [0.29, 0.717) is 12.1 Å². The fourth-order valence-electron chi connectivity index (χ4n) is 2.62. The minimum absolute atomic E-state index is 0.0625. The van der Waals surface area contributed by atoms with Gasteiger partial charge in [0.1, 0.15) is 0 Å². The Kier molecular flexibility index (Phi) is 4.56. The predicted octanol–water partition coefficient (Wildman–Crippen LogP) is 1.70. The van der Waals surface area contributed by atoms with Gasteiger partial charge in [-0.3, -0.25) is 9.69 Å². The van der Waals surface area contributed by atoms with Crippen LogP contribution in [0.5, 0.6) is 0 Å². The highest BCUT2D eigenvalue weighted by Gasteiger charge is 2.28. The molecule has 1 amide bonds. The first-order valence-electron chi connectivity index (χ1n) is 6.92. The minimum Gasteiger partial charge on any atom is -0.325 e. The molecule has 19 heavy (non-hydrogen) atoms. The standard InChI is InChI=1S/C15H23N3O/c1-11-9-18(10-12(2)16-11)13(3)15(19)17-14-7-5-4-6-8-14/h4-8,11-13,16H,9-10H2,1-3H3,(H,17,19). The number of para-hydroxylation sites is 1. The number of amides is 1. The first-order chi connectivity index (χ1) is 9.06. The molecule has 1 aliphatic heterocycles. The van der Waals surface area contributed by atoms with Crippen LogP contribution in [0.25, 0.3) is 0 Å². The van der Waals surface area contributed by atoms with Crippen LogP contribution in [0.3, 0.4) is 0 Å². The van der Waals surface area contributed by atoms with Crippen LogP contribution in [0.4, 0.5) is 5.69 Å². The molecule has 1 saturated heterocycles. The Morgan fingerprint density at radius 1 is 1.26 bits per heavy atom. The molecule has 2 N–H and O–H groups in total. The molecule has 4 heteroatoms. The van der Waals surface area contributed by atoms with Crippen molar-refractivity contribution < 1.29 is 4.79 Å². The molecule has 1 heterocycles. The number of rotatable bonds is 3. The Morgan fingerprint density at radius 3 is 2.42 bits per heavy atom. The van der Waals surface area contributed by atoms with Crippen molar-refractivity contribution in [2.45, 2.75) is 38.9 Å². The molecule has 1 aromatic rings. The smallest absolute Gasteiger partial charge is 0.241 e. The molecule has 2 rings (SSSR count). The first kappa shape index (κ1) is 14.0. The average Bonchev–Trinajstić information content (AvgIpc) is 2.37. The number of carbonyl (C=O) groups excluding carboxylic acids is 1. The lowest BCUT2D eigenvalue weighted by molar-refractivity contribution is -0.121. The zero-order chi connectivity index (χ0) is 13.8. The molecule has 4 nitrogen and oxygen atoms in total. The quantitative estimate of drug-likeness (QED) is 0.870. The number of carbonyl (C=O) groups is 1. The molecule has 0 aromatic heterocycles. The Bertz CT molecular complexity index is 411. The van der Waals surface area contributed by atoms with E-state index in [9.17, 15) is 4.79 Å². The van der Waals surface area contributed by atoms with Crippen molar-refractivity contribution in [1.82, 2.24) is 10.2 Å². The van der Waals surface area contributed by atoms with Crippen LogP contribution in [0.1, 0.15) is 20.8 Å². The Morgan fingerprint density at radius 2 is 1.84 bits per heavy atom. The van der Waals surface area contributed by atoms with Gasteiger partial charge in [0.25, 0.3) is 0 Å². The van der Waals surface area contributed by atoms with E-state index in [1.54, 1.807) is 0 Å². The van der Waals surface area contributed by atoms with Crippen LogP contribution < -0.4 is 10.6 Å². The zero-order valence-corrected chi connectivity index (χ0v) is 11.9. The zero-order valence-electron chi connectivity index (χ0n) is 11.9. The van der Waals surface area contributed by atoms with Crippen LogP contribution >= 0.6 is 0 Å². The SMILES string of the molecule is CC1CN(C(C)C(=O)Nc2ccccc2)CC(C)N1. The number of nitrogens with zero attached hydrogens (tertiary/aromatic N) is 1. The lowest BCUT2D eigenvalue weighted by atomic mass is 10.1. The van der Waals surface area contributed by atoms with Gasteiger partial charge in [0.05, 0.1) is 6.04 Å². The fourth-order valence-corrected chi connectivity index (χ4v) is 2.62. The second-order valence-corrected chi connectivity index (χ2v) is 5.45. The maximum Gasteiger partial charge on any atom is 0.241 e. The minimum atomic E-state index is -0.104. The van der Waals surface area contributed by atoms with Gasteiger partial charge < -0.3 is 10.6 Å². The Labute approximate surface area is 115 Å². The van der Waals surface area contributed by atoms with Crippen LogP contribution in [-0.4, -0.2) is 42.0 Å². The monoisotopic (exact) mass is 261 g/mol. The maximum absolute atomic E-state index is 12.3. The maximum atomic E-state index is 12.3. The summed E-state index contributed by atoms with van der Waals surface area (Å²) in [5.41, 5.74) is 0.857. The molecule has 0 aliphatic carbocycles. The van der Waals surface area contributed by atoms with Gasteiger partial charge in [0.2, 0.25) is 5.91 Å². The third-order valence-corrected chi connectivity index (χ3v) is 3.55. The summed E-state index contributed by atoms with van der Waals surface area (Å²) >= 11 is 0. The first-order valence-corrected chi connectivity index (χ1v) is 6.92. The van der Waals surface area contributed by atoms with Gasteiger partial charge in [-0.15, -0.1) is 0 Å². The summed E-state index contributed by atoms with van der Waals surface area (Å²) in [6, 6.07) is 10.4. The average molecular weight is 261 g/mol. The molecule has 1 aromatic carbocycles.